The highest BCUT2D eigenvalue weighted by Crippen LogP contribution is 2.40. The number of amides is 1. The van der Waals surface area contributed by atoms with E-state index in [1.807, 2.05) is 32.0 Å². The van der Waals surface area contributed by atoms with Crippen LogP contribution in [0.1, 0.15) is 36.1 Å². The Morgan fingerprint density at radius 2 is 1.75 bits per heavy atom. The lowest BCUT2D eigenvalue weighted by Crippen LogP contribution is -2.42. The standard InChI is InChI=1S/C28H34N2O6/c1-4-15-36-22-9-10-23(19(2)18-22)26(31)24-25(20-5-7-21(34-3)8-6-20)30(28(33)27(24)32)12-11-29-13-16-35-17-14-29/h5-10,18,25,31H,4,11-17H2,1-3H3/b26-24-. The first-order chi connectivity index (χ1) is 17.4. The Labute approximate surface area is 212 Å². The molecule has 1 atom stereocenters. The van der Waals surface area contributed by atoms with Gasteiger partial charge in [0.2, 0.25) is 0 Å². The van der Waals surface area contributed by atoms with Gasteiger partial charge in [0.05, 0.1) is 38.5 Å². The van der Waals surface area contributed by atoms with Gasteiger partial charge < -0.3 is 24.2 Å². The lowest BCUT2D eigenvalue weighted by atomic mass is 9.94. The van der Waals surface area contributed by atoms with Crippen molar-refractivity contribution in [2.45, 2.75) is 26.3 Å². The van der Waals surface area contributed by atoms with Crippen LogP contribution in [0.2, 0.25) is 0 Å². The van der Waals surface area contributed by atoms with E-state index < -0.39 is 17.7 Å². The van der Waals surface area contributed by atoms with E-state index in [1.54, 1.807) is 36.3 Å². The molecule has 36 heavy (non-hydrogen) atoms. The maximum absolute atomic E-state index is 13.3. The van der Waals surface area contributed by atoms with Crippen LogP contribution >= 0.6 is 0 Å². The molecule has 8 heteroatoms. The van der Waals surface area contributed by atoms with Gasteiger partial charge in [0.25, 0.3) is 11.7 Å². The normalized spacial score (nSPS) is 20.1. The van der Waals surface area contributed by atoms with Gasteiger partial charge in [-0.1, -0.05) is 19.1 Å². The van der Waals surface area contributed by atoms with Crippen molar-refractivity contribution in [1.29, 1.82) is 0 Å². The smallest absolute Gasteiger partial charge is 0.295 e. The minimum Gasteiger partial charge on any atom is -0.507 e. The van der Waals surface area contributed by atoms with Crippen molar-refractivity contribution in [2.75, 3.05) is 53.1 Å². The quantitative estimate of drug-likeness (QED) is 0.324. The van der Waals surface area contributed by atoms with Crippen molar-refractivity contribution >= 4 is 17.4 Å². The van der Waals surface area contributed by atoms with Gasteiger partial charge in [0.1, 0.15) is 17.3 Å². The number of nitrogens with zero attached hydrogens (tertiary/aromatic N) is 2. The number of aryl methyl sites for hydroxylation is 1. The van der Waals surface area contributed by atoms with Gasteiger partial charge in [0, 0.05) is 31.7 Å². The number of aliphatic hydroxyl groups is 1. The minimum atomic E-state index is -0.702. The second-order valence-corrected chi connectivity index (χ2v) is 9.04. The van der Waals surface area contributed by atoms with Crippen LogP contribution in [0.5, 0.6) is 11.5 Å². The number of hydrogen-bond acceptors (Lipinski definition) is 7. The Bertz CT molecular complexity index is 1120. The lowest BCUT2D eigenvalue weighted by molar-refractivity contribution is -0.140. The second-order valence-electron chi connectivity index (χ2n) is 9.04. The summed E-state index contributed by atoms with van der Waals surface area (Å²) in [6.07, 6.45) is 0.885. The molecule has 1 unspecified atom stereocenters. The van der Waals surface area contributed by atoms with Gasteiger partial charge in [-0.3, -0.25) is 14.5 Å². The molecule has 0 saturated carbocycles. The van der Waals surface area contributed by atoms with Gasteiger partial charge in [-0.05, 0) is 54.8 Å². The van der Waals surface area contributed by atoms with E-state index in [9.17, 15) is 14.7 Å². The van der Waals surface area contributed by atoms with Gasteiger partial charge in [0.15, 0.2) is 0 Å². The van der Waals surface area contributed by atoms with Gasteiger partial charge in [-0.2, -0.15) is 0 Å². The van der Waals surface area contributed by atoms with E-state index in [-0.39, 0.29) is 11.3 Å². The Morgan fingerprint density at radius 1 is 1.06 bits per heavy atom. The van der Waals surface area contributed by atoms with Gasteiger partial charge >= 0.3 is 0 Å². The van der Waals surface area contributed by atoms with Crippen molar-refractivity contribution in [1.82, 2.24) is 9.80 Å². The molecule has 2 fully saturated rings. The molecule has 2 aromatic rings. The number of likely N-dealkylation sites (tertiary alicyclic amines) is 1. The molecular weight excluding hydrogens is 460 g/mol. The second kappa shape index (κ2) is 11.6. The van der Waals surface area contributed by atoms with Crippen molar-refractivity contribution in [3.63, 3.8) is 0 Å². The minimum absolute atomic E-state index is 0.0949. The molecular formula is C28H34N2O6. The Morgan fingerprint density at radius 3 is 2.39 bits per heavy atom. The summed E-state index contributed by atoms with van der Waals surface area (Å²) in [7, 11) is 1.58. The molecule has 0 aliphatic carbocycles. The van der Waals surface area contributed by atoms with E-state index in [2.05, 4.69) is 4.90 Å². The number of morpholine rings is 1. The third kappa shape index (κ3) is 5.39. The lowest BCUT2D eigenvalue weighted by Gasteiger charge is -2.31. The predicted octanol–water partition coefficient (Wildman–Crippen LogP) is 3.55. The maximum Gasteiger partial charge on any atom is 0.295 e. The monoisotopic (exact) mass is 494 g/mol. The number of Topliss-reactive ketones (excluding diaryl/α,β-unsaturated/α-hetero) is 1. The molecule has 0 bridgehead atoms. The molecule has 2 saturated heterocycles. The fourth-order valence-corrected chi connectivity index (χ4v) is 4.67. The van der Waals surface area contributed by atoms with Crippen LogP contribution in [0.15, 0.2) is 48.0 Å². The molecule has 2 aliphatic heterocycles. The molecule has 2 heterocycles. The number of methoxy groups -OCH3 is 1. The number of benzene rings is 2. The fraction of sp³-hybridized carbons (Fsp3) is 0.429. The molecule has 2 aromatic carbocycles. The fourth-order valence-electron chi connectivity index (χ4n) is 4.67. The summed E-state index contributed by atoms with van der Waals surface area (Å²) in [6, 6.07) is 11.9. The van der Waals surface area contributed by atoms with E-state index in [0.29, 0.717) is 50.0 Å². The van der Waals surface area contributed by atoms with Crippen LogP contribution in [0, 0.1) is 6.92 Å². The zero-order valence-corrected chi connectivity index (χ0v) is 21.2. The molecule has 1 amide bonds. The first-order valence-corrected chi connectivity index (χ1v) is 12.4. The number of rotatable bonds is 9. The molecule has 8 nitrogen and oxygen atoms in total. The van der Waals surface area contributed by atoms with Crippen LogP contribution < -0.4 is 9.47 Å². The molecule has 0 spiro atoms. The topological polar surface area (TPSA) is 88.5 Å². The van der Waals surface area contributed by atoms with Gasteiger partial charge in [-0.25, -0.2) is 0 Å². The first kappa shape index (κ1) is 25.7. The van der Waals surface area contributed by atoms with E-state index in [4.69, 9.17) is 14.2 Å². The number of hydrogen-bond donors (Lipinski definition) is 1. The van der Waals surface area contributed by atoms with E-state index in [1.165, 1.54) is 0 Å². The summed E-state index contributed by atoms with van der Waals surface area (Å²) in [5.41, 5.74) is 2.09. The average molecular weight is 495 g/mol. The van der Waals surface area contributed by atoms with Crippen LogP contribution in [0.25, 0.3) is 5.76 Å². The summed E-state index contributed by atoms with van der Waals surface area (Å²) in [6.45, 7) is 8.32. The number of ether oxygens (including phenoxy) is 3. The molecule has 192 valence electrons. The van der Waals surface area contributed by atoms with Crippen LogP contribution in [-0.2, 0) is 14.3 Å². The molecule has 2 aliphatic rings. The SMILES string of the molecule is CCCOc1ccc(/C(O)=C2/C(=O)C(=O)N(CCN3CCOCC3)C2c2ccc(OC)cc2)c(C)c1. The molecule has 0 aromatic heterocycles. The molecule has 1 N–H and O–H groups in total. The number of aliphatic hydroxyl groups excluding tert-OH is 1. The highest BCUT2D eigenvalue weighted by Gasteiger charge is 2.46. The number of carbonyl (C=O) groups is 2. The Hall–Kier alpha value is -3.36. The summed E-state index contributed by atoms with van der Waals surface area (Å²) >= 11 is 0. The predicted molar refractivity (Wildman–Crippen MR) is 136 cm³/mol. The Balaban J connectivity index is 1.72. The Kier molecular flexibility index (Phi) is 8.28. The van der Waals surface area contributed by atoms with E-state index in [0.717, 1.165) is 30.6 Å². The van der Waals surface area contributed by atoms with Crippen molar-refractivity contribution in [3.05, 3.63) is 64.7 Å². The van der Waals surface area contributed by atoms with Gasteiger partial charge in [-0.15, -0.1) is 0 Å². The molecule has 4 rings (SSSR count). The van der Waals surface area contributed by atoms with Crippen molar-refractivity contribution < 1.29 is 28.9 Å². The third-order valence-corrected chi connectivity index (χ3v) is 6.66. The number of ketones is 1. The van der Waals surface area contributed by atoms with Crippen LogP contribution in [0.4, 0.5) is 0 Å². The maximum atomic E-state index is 13.3. The van der Waals surface area contributed by atoms with E-state index >= 15 is 0 Å². The van der Waals surface area contributed by atoms with Crippen LogP contribution in [-0.4, -0.2) is 79.7 Å². The summed E-state index contributed by atoms with van der Waals surface area (Å²) < 4.78 is 16.4. The average Bonchev–Trinajstić information content (AvgIpc) is 3.16. The molecule has 0 radical (unpaired) electrons. The first-order valence-electron chi connectivity index (χ1n) is 12.4. The van der Waals surface area contributed by atoms with Crippen molar-refractivity contribution in [3.8, 4) is 11.5 Å². The highest BCUT2D eigenvalue weighted by atomic mass is 16.5. The summed E-state index contributed by atoms with van der Waals surface area (Å²) in [4.78, 5) is 30.3. The third-order valence-electron chi connectivity index (χ3n) is 6.66. The number of carbonyl (C=O) groups excluding carboxylic acids is 2. The summed E-state index contributed by atoms with van der Waals surface area (Å²) in [5.74, 6) is -0.0964. The largest absolute Gasteiger partial charge is 0.507 e. The zero-order chi connectivity index (χ0) is 25.7. The zero-order valence-electron chi connectivity index (χ0n) is 21.2. The van der Waals surface area contributed by atoms with Crippen LogP contribution in [0.3, 0.4) is 0 Å². The highest BCUT2D eigenvalue weighted by molar-refractivity contribution is 6.46. The van der Waals surface area contributed by atoms with Crippen molar-refractivity contribution in [2.24, 2.45) is 0 Å². The summed E-state index contributed by atoms with van der Waals surface area (Å²) in [5, 5.41) is 11.4.